The van der Waals surface area contributed by atoms with Gasteiger partial charge in [0.1, 0.15) is 11.6 Å². The number of allylic oxidation sites excluding steroid dienone is 2. The molecule has 0 aromatic heterocycles. The lowest BCUT2D eigenvalue weighted by Crippen LogP contribution is -2.53. The highest BCUT2D eigenvalue weighted by Crippen LogP contribution is 2.33. The summed E-state index contributed by atoms with van der Waals surface area (Å²) in [6, 6.07) is 10.3. The topological polar surface area (TPSA) is 75.3 Å². The molecule has 8 heteroatoms. The van der Waals surface area contributed by atoms with Crippen LogP contribution in [0.5, 0.6) is 0 Å². The third-order valence-electron chi connectivity index (χ3n) is 6.83. The van der Waals surface area contributed by atoms with Crippen molar-refractivity contribution in [2.45, 2.75) is 62.1 Å². The number of carbonyl (C=O) groups excluding carboxylic acids is 1. The second-order valence-electron chi connectivity index (χ2n) is 9.25. The van der Waals surface area contributed by atoms with E-state index in [0.29, 0.717) is 24.1 Å². The lowest BCUT2D eigenvalue weighted by molar-refractivity contribution is -0.115. The van der Waals surface area contributed by atoms with Crippen molar-refractivity contribution >= 4 is 15.6 Å². The molecule has 1 heterocycles. The number of nitrogens with one attached hydrogen (secondary N) is 2. The quantitative estimate of drug-likeness (QED) is 0.634. The van der Waals surface area contributed by atoms with E-state index in [4.69, 9.17) is 0 Å². The summed E-state index contributed by atoms with van der Waals surface area (Å²) in [7, 11) is -3.65. The Hall–Kier alpha value is -2.58. The van der Waals surface area contributed by atoms with Crippen molar-refractivity contribution in [3.05, 3.63) is 82.6 Å². The molecule has 4 atom stereocenters. The maximum atomic E-state index is 15.1. The zero-order chi connectivity index (χ0) is 24.5. The fourth-order valence-electron chi connectivity index (χ4n) is 4.87. The summed E-state index contributed by atoms with van der Waals surface area (Å²) in [5.41, 5.74) is 1.58. The van der Waals surface area contributed by atoms with Gasteiger partial charge >= 0.3 is 0 Å². The van der Waals surface area contributed by atoms with Crippen LogP contribution in [0.15, 0.2) is 54.2 Å². The van der Waals surface area contributed by atoms with E-state index < -0.39 is 44.1 Å². The monoisotopic (exact) mass is 488 g/mol. The van der Waals surface area contributed by atoms with E-state index in [1.165, 1.54) is 6.08 Å². The Bertz CT molecular complexity index is 1200. The highest BCUT2D eigenvalue weighted by molar-refractivity contribution is 7.92. The van der Waals surface area contributed by atoms with Crippen LogP contribution in [-0.2, 0) is 21.1 Å². The van der Waals surface area contributed by atoms with Crippen LogP contribution in [0.1, 0.15) is 61.1 Å². The van der Waals surface area contributed by atoms with Crippen molar-refractivity contribution < 1.29 is 22.0 Å². The van der Waals surface area contributed by atoms with Crippen molar-refractivity contribution in [1.29, 1.82) is 0 Å². The minimum atomic E-state index is -3.65. The Morgan fingerprint density at radius 3 is 2.56 bits per heavy atom. The van der Waals surface area contributed by atoms with Gasteiger partial charge in [0, 0.05) is 36.3 Å². The van der Waals surface area contributed by atoms with Gasteiger partial charge in [-0.25, -0.2) is 17.2 Å². The zero-order valence-electron chi connectivity index (χ0n) is 19.4. The number of benzene rings is 2. The van der Waals surface area contributed by atoms with E-state index >= 15 is 8.78 Å². The molecule has 2 aliphatic rings. The molecule has 2 N–H and O–H groups in total. The summed E-state index contributed by atoms with van der Waals surface area (Å²) in [5, 5.41) is 4.71. The fraction of sp³-hybridized carbons (Fsp3) is 0.423. The molecule has 0 spiro atoms. The lowest BCUT2D eigenvalue weighted by atomic mass is 9.98. The highest BCUT2D eigenvalue weighted by atomic mass is 32.2. The number of ketones is 1. The maximum absolute atomic E-state index is 15.1. The molecule has 1 fully saturated rings. The predicted molar refractivity (Wildman–Crippen MR) is 128 cm³/mol. The molecule has 0 saturated carbocycles. The van der Waals surface area contributed by atoms with Crippen molar-refractivity contribution in [2.24, 2.45) is 0 Å². The number of hydrogen-bond acceptors (Lipinski definition) is 5. The van der Waals surface area contributed by atoms with Gasteiger partial charge in [0.15, 0.2) is 15.6 Å². The van der Waals surface area contributed by atoms with Crippen molar-refractivity contribution in [3.63, 3.8) is 0 Å². The zero-order valence-corrected chi connectivity index (χ0v) is 20.2. The van der Waals surface area contributed by atoms with E-state index in [1.807, 2.05) is 6.07 Å². The fourth-order valence-corrected chi connectivity index (χ4v) is 7.24. The molecule has 4 rings (SSSR count). The van der Waals surface area contributed by atoms with E-state index in [9.17, 15) is 13.2 Å². The smallest absolute Gasteiger partial charge is 0.163 e. The molecule has 1 saturated heterocycles. The molecule has 2 aromatic carbocycles. The molecular weight excluding hydrogens is 458 g/mol. The first-order valence-electron chi connectivity index (χ1n) is 11.7. The van der Waals surface area contributed by atoms with Gasteiger partial charge in [0.05, 0.1) is 16.5 Å². The van der Waals surface area contributed by atoms with Crippen LogP contribution in [0.25, 0.3) is 0 Å². The van der Waals surface area contributed by atoms with Gasteiger partial charge in [-0.1, -0.05) is 30.3 Å². The van der Waals surface area contributed by atoms with Gasteiger partial charge in [0.25, 0.3) is 0 Å². The molecule has 1 aliphatic carbocycles. The van der Waals surface area contributed by atoms with Crippen LogP contribution in [0.2, 0.25) is 0 Å². The lowest BCUT2D eigenvalue weighted by Gasteiger charge is -2.35. The standard InChI is InChI=1S/C26H30F2N2O3S/c1-16(30-20-9-6-10-21(31)13-20)22-14-23(27)19(11-24(22)28)12-25-17(2)29-15-26(34(25,32)33)18-7-4-3-5-8-18/h3-5,7-8,11,13-14,16-17,25-26,29-30H,6,9-10,12,15H2,1-2H3/t16-,17-,25?,26-/m0/s1. The number of hydrogen-bond donors (Lipinski definition) is 2. The Kier molecular flexibility index (Phi) is 7.19. The summed E-state index contributed by atoms with van der Waals surface area (Å²) < 4.78 is 57.0. The Balaban J connectivity index is 1.56. The van der Waals surface area contributed by atoms with Crippen molar-refractivity contribution in [2.75, 3.05) is 6.54 Å². The van der Waals surface area contributed by atoms with Gasteiger partial charge in [-0.3, -0.25) is 4.79 Å². The van der Waals surface area contributed by atoms with E-state index in [1.54, 1.807) is 38.1 Å². The van der Waals surface area contributed by atoms with Gasteiger partial charge in [0.2, 0.25) is 0 Å². The average Bonchev–Trinajstić information content (AvgIpc) is 2.79. The summed E-state index contributed by atoms with van der Waals surface area (Å²) in [5.74, 6) is -1.22. The maximum Gasteiger partial charge on any atom is 0.163 e. The first-order valence-corrected chi connectivity index (χ1v) is 13.3. The van der Waals surface area contributed by atoms with E-state index in [2.05, 4.69) is 10.6 Å². The van der Waals surface area contributed by atoms with Crippen molar-refractivity contribution in [3.8, 4) is 0 Å². The average molecular weight is 489 g/mol. The molecule has 34 heavy (non-hydrogen) atoms. The highest BCUT2D eigenvalue weighted by Gasteiger charge is 2.42. The molecule has 2 aromatic rings. The second-order valence-corrected chi connectivity index (χ2v) is 11.6. The minimum Gasteiger partial charge on any atom is -0.382 e. The van der Waals surface area contributed by atoms with Gasteiger partial charge in [-0.15, -0.1) is 0 Å². The Labute approximate surface area is 199 Å². The third kappa shape index (κ3) is 5.08. The number of rotatable bonds is 6. The first-order chi connectivity index (χ1) is 16.2. The molecule has 0 radical (unpaired) electrons. The SMILES string of the molecule is C[C@H](NC1=CC(=O)CCC1)c1cc(F)c(CC2[C@H](C)NC[C@@H](c3ccccc3)S2(=O)=O)cc1F. The summed E-state index contributed by atoms with van der Waals surface area (Å²) in [6.45, 7) is 3.75. The van der Waals surface area contributed by atoms with Crippen LogP contribution in [0.3, 0.4) is 0 Å². The van der Waals surface area contributed by atoms with E-state index in [0.717, 1.165) is 18.6 Å². The van der Waals surface area contributed by atoms with Gasteiger partial charge in [-0.2, -0.15) is 0 Å². The molecule has 5 nitrogen and oxygen atoms in total. The third-order valence-corrected chi connectivity index (χ3v) is 9.48. The number of carbonyl (C=O) groups is 1. The molecule has 0 amide bonds. The number of sulfone groups is 1. The van der Waals surface area contributed by atoms with Crippen LogP contribution in [-0.4, -0.2) is 32.0 Å². The summed E-state index contributed by atoms with van der Waals surface area (Å²) in [4.78, 5) is 11.6. The largest absolute Gasteiger partial charge is 0.382 e. The van der Waals surface area contributed by atoms with Gasteiger partial charge < -0.3 is 10.6 Å². The van der Waals surface area contributed by atoms with Crippen LogP contribution in [0.4, 0.5) is 8.78 Å². The summed E-state index contributed by atoms with van der Waals surface area (Å²) in [6.07, 6.45) is 3.32. The van der Waals surface area contributed by atoms with Crippen molar-refractivity contribution in [1.82, 2.24) is 10.6 Å². The summed E-state index contributed by atoms with van der Waals surface area (Å²) >= 11 is 0. The molecule has 182 valence electrons. The minimum absolute atomic E-state index is 0.0215. The second kappa shape index (κ2) is 9.96. The Morgan fingerprint density at radius 2 is 1.85 bits per heavy atom. The first kappa shape index (κ1) is 24.5. The molecule has 0 bridgehead atoms. The Morgan fingerprint density at radius 1 is 1.12 bits per heavy atom. The number of halogens is 2. The molecular formula is C26H30F2N2O3S. The molecule has 1 aliphatic heterocycles. The van der Waals surface area contributed by atoms with Crippen LogP contribution in [0, 0.1) is 11.6 Å². The van der Waals surface area contributed by atoms with Crippen LogP contribution >= 0.6 is 0 Å². The predicted octanol–water partition coefficient (Wildman–Crippen LogP) is 4.31. The molecule has 1 unspecified atom stereocenters. The van der Waals surface area contributed by atoms with Gasteiger partial charge in [-0.05, 0) is 56.4 Å². The van der Waals surface area contributed by atoms with E-state index in [-0.39, 0.29) is 29.9 Å². The normalized spacial score (nSPS) is 25.5. The van der Waals surface area contributed by atoms with Crippen LogP contribution < -0.4 is 10.6 Å².